The largest absolute Gasteiger partial charge is 0.491 e. The van der Waals surface area contributed by atoms with Crippen molar-refractivity contribution >= 4 is 11.6 Å². The normalized spacial score (nSPS) is 12.0. The van der Waals surface area contributed by atoms with Gasteiger partial charge in [-0.3, -0.25) is 4.79 Å². The zero-order valence-corrected chi connectivity index (χ0v) is 10.9. The summed E-state index contributed by atoms with van der Waals surface area (Å²) in [6.07, 6.45) is 0. The zero-order valence-electron chi connectivity index (χ0n) is 10.9. The van der Waals surface area contributed by atoms with Crippen molar-refractivity contribution in [3.8, 4) is 5.75 Å². The van der Waals surface area contributed by atoms with Crippen molar-refractivity contribution in [2.45, 2.75) is 13.8 Å². The van der Waals surface area contributed by atoms with Crippen LogP contribution in [0.2, 0.25) is 0 Å². The van der Waals surface area contributed by atoms with Crippen LogP contribution in [-0.2, 0) is 4.79 Å². The van der Waals surface area contributed by atoms with Crippen LogP contribution in [0.15, 0.2) is 18.2 Å². The number of nitrogens with one attached hydrogen (secondary N) is 2. The molecule has 1 amide bonds. The van der Waals surface area contributed by atoms with Gasteiger partial charge in [0.15, 0.2) is 11.6 Å². The Kier molecular flexibility index (Phi) is 5.58. The molecule has 1 aromatic rings. The molecule has 1 aromatic carbocycles. The third-order valence-corrected chi connectivity index (χ3v) is 2.46. The predicted molar refractivity (Wildman–Crippen MR) is 69.3 cm³/mol. The number of halogens is 1. The lowest BCUT2D eigenvalue weighted by Crippen LogP contribution is -2.28. The number of carbonyl (C=O) groups is 1. The highest BCUT2D eigenvalue weighted by molar-refractivity contribution is 5.92. The Morgan fingerprint density at radius 3 is 2.78 bits per heavy atom. The summed E-state index contributed by atoms with van der Waals surface area (Å²) in [5, 5.41) is 5.58. The lowest BCUT2D eigenvalue weighted by atomic mass is 10.1. The van der Waals surface area contributed by atoms with E-state index < -0.39 is 5.82 Å². The standard InChI is InChI=1S/C13H19FN2O2/c1-4-18-12-6-5-10(7-11(12)14)16-13(17)9(2)8-15-3/h5-7,9,15H,4,8H2,1-3H3,(H,16,17). The van der Waals surface area contributed by atoms with Crippen molar-refractivity contribution in [2.75, 3.05) is 25.5 Å². The third kappa shape index (κ3) is 4.00. The van der Waals surface area contributed by atoms with Gasteiger partial charge in [-0.25, -0.2) is 4.39 Å². The van der Waals surface area contributed by atoms with Gasteiger partial charge in [-0.15, -0.1) is 0 Å². The second-order valence-corrected chi connectivity index (χ2v) is 4.03. The number of benzene rings is 1. The molecule has 18 heavy (non-hydrogen) atoms. The molecule has 0 aliphatic heterocycles. The molecule has 0 spiro atoms. The number of ether oxygens (including phenoxy) is 1. The van der Waals surface area contributed by atoms with E-state index in [1.165, 1.54) is 12.1 Å². The molecule has 100 valence electrons. The van der Waals surface area contributed by atoms with Crippen molar-refractivity contribution in [3.05, 3.63) is 24.0 Å². The van der Waals surface area contributed by atoms with Gasteiger partial charge in [-0.05, 0) is 26.1 Å². The maximum Gasteiger partial charge on any atom is 0.228 e. The van der Waals surface area contributed by atoms with Crippen molar-refractivity contribution in [2.24, 2.45) is 5.92 Å². The Labute approximate surface area is 107 Å². The molecule has 2 N–H and O–H groups in total. The van der Waals surface area contributed by atoms with Crippen molar-refractivity contribution in [1.29, 1.82) is 0 Å². The molecule has 0 saturated carbocycles. The second-order valence-electron chi connectivity index (χ2n) is 4.03. The smallest absolute Gasteiger partial charge is 0.228 e. The molecule has 0 radical (unpaired) electrons. The molecule has 4 nitrogen and oxygen atoms in total. The van der Waals surface area contributed by atoms with Gasteiger partial charge in [0.1, 0.15) is 0 Å². The van der Waals surface area contributed by atoms with Gasteiger partial charge in [-0.1, -0.05) is 6.92 Å². The van der Waals surface area contributed by atoms with E-state index in [1.54, 1.807) is 27.0 Å². The van der Waals surface area contributed by atoms with E-state index in [4.69, 9.17) is 4.74 Å². The summed E-state index contributed by atoms with van der Waals surface area (Å²) in [6.45, 7) is 4.57. The Bertz CT molecular complexity index is 410. The molecule has 1 atom stereocenters. The summed E-state index contributed by atoms with van der Waals surface area (Å²) >= 11 is 0. The molecule has 0 fully saturated rings. The highest BCUT2D eigenvalue weighted by Crippen LogP contribution is 2.21. The monoisotopic (exact) mass is 254 g/mol. The first kappa shape index (κ1) is 14.4. The maximum absolute atomic E-state index is 13.5. The number of amides is 1. The fraction of sp³-hybridized carbons (Fsp3) is 0.462. The Morgan fingerprint density at radius 2 is 2.22 bits per heavy atom. The van der Waals surface area contributed by atoms with Crippen LogP contribution < -0.4 is 15.4 Å². The van der Waals surface area contributed by atoms with Gasteiger partial charge in [0.2, 0.25) is 5.91 Å². The molecule has 1 unspecified atom stereocenters. The van der Waals surface area contributed by atoms with Crippen LogP contribution >= 0.6 is 0 Å². The molecular weight excluding hydrogens is 235 g/mol. The van der Waals surface area contributed by atoms with Crippen LogP contribution in [-0.4, -0.2) is 26.1 Å². The van der Waals surface area contributed by atoms with E-state index in [1.807, 2.05) is 0 Å². The molecule has 0 bridgehead atoms. The number of hydrogen-bond acceptors (Lipinski definition) is 3. The van der Waals surface area contributed by atoms with Crippen LogP contribution in [0.3, 0.4) is 0 Å². The SMILES string of the molecule is CCOc1ccc(NC(=O)C(C)CNC)cc1F. The molecule has 5 heteroatoms. The molecule has 1 rings (SSSR count). The quantitative estimate of drug-likeness (QED) is 0.816. The molecule has 0 aliphatic rings. The highest BCUT2D eigenvalue weighted by Gasteiger charge is 2.13. The van der Waals surface area contributed by atoms with Crippen LogP contribution in [0.4, 0.5) is 10.1 Å². The highest BCUT2D eigenvalue weighted by atomic mass is 19.1. The molecule has 0 aliphatic carbocycles. The van der Waals surface area contributed by atoms with Crippen molar-refractivity contribution in [1.82, 2.24) is 5.32 Å². The van der Waals surface area contributed by atoms with Crippen LogP contribution in [0.5, 0.6) is 5.75 Å². The second kappa shape index (κ2) is 6.96. The van der Waals surface area contributed by atoms with E-state index in [0.29, 0.717) is 18.8 Å². The summed E-state index contributed by atoms with van der Waals surface area (Å²) in [5.41, 5.74) is 0.434. The van der Waals surface area contributed by atoms with E-state index in [9.17, 15) is 9.18 Å². The molecule has 0 saturated heterocycles. The minimum atomic E-state index is -0.476. The number of hydrogen-bond donors (Lipinski definition) is 2. The number of carbonyl (C=O) groups excluding carboxylic acids is 1. The van der Waals surface area contributed by atoms with E-state index in [2.05, 4.69) is 10.6 Å². The van der Waals surface area contributed by atoms with Gasteiger partial charge in [-0.2, -0.15) is 0 Å². The number of anilines is 1. The first-order valence-electron chi connectivity index (χ1n) is 5.96. The lowest BCUT2D eigenvalue weighted by Gasteiger charge is -2.12. The predicted octanol–water partition coefficient (Wildman–Crippen LogP) is 2.02. The van der Waals surface area contributed by atoms with E-state index >= 15 is 0 Å². The van der Waals surface area contributed by atoms with E-state index in [0.717, 1.165) is 0 Å². The van der Waals surface area contributed by atoms with Crippen LogP contribution in [0.25, 0.3) is 0 Å². The molecule has 0 heterocycles. The summed E-state index contributed by atoms with van der Waals surface area (Å²) in [7, 11) is 1.78. The average molecular weight is 254 g/mol. The number of rotatable bonds is 6. The first-order chi connectivity index (χ1) is 8.58. The average Bonchev–Trinajstić information content (AvgIpc) is 2.33. The Hall–Kier alpha value is -1.62. The first-order valence-corrected chi connectivity index (χ1v) is 5.96. The topological polar surface area (TPSA) is 50.4 Å². The zero-order chi connectivity index (χ0) is 13.5. The minimum absolute atomic E-state index is 0.145. The maximum atomic E-state index is 13.5. The van der Waals surface area contributed by atoms with Gasteiger partial charge in [0, 0.05) is 24.2 Å². The molecule has 0 aromatic heterocycles. The summed E-state index contributed by atoms with van der Waals surface area (Å²) < 4.78 is 18.6. The Morgan fingerprint density at radius 1 is 1.50 bits per heavy atom. The summed E-state index contributed by atoms with van der Waals surface area (Å²) in [5.74, 6) is -0.604. The van der Waals surface area contributed by atoms with Crippen molar-refractivity contribution < 1.29 is 13.9 Å². The molecular formula is C13H19FN2O2. The fourth-order valence-electron chi connectivity index (χ4n) is 1.52. The minimum Gasteiger partial charge on any atom is -0.491 e. The summed E-state index contributed by atoms with van der Waals surface area (Å²) in [4.78, 5) is 11.7. The summed E-state index contributed by atoms with van der Waals surface area (Å²) in [6, 6.07) is 4.39. The fourth-order valence-corrected chi connectivity index (χ4v) is 1.52. The Balaban J connectivity index is 2.68. The lowest BCUT2D eigenvalue weighted by molar-refractivity contribution is -0.119. The van der Waals surface area contributed by atoms with Crippen LogP contribution in [0, 0.1) is 11.7 Å². The van der Waals surface area contributed by atoms with Gasteiger partial charge >= 0.3 is 0 Å². The van der Waals surface area contributed by atoms with E-state index in [-0.39, 0.29) is 17.6 Å². The van der Waals surface area contributed by atoms with Gasteiger partial charge in [0.25, 0.3) is 0 Å². The van der Waals surface area contributed by atoms with Crippen LogP contribution in [0.1, 0.15) is 13.8 Å². The van der Waals surface area contributed by atoms with Gasteiger partial charge in [0.05, 0.1) is 6.61 Å². The van der Waals surface area contributed by atoms with Crippen molar-refractivity contribution in [3.63, 3.8) is 0 Å². The van der Waals surface area contributed by atoms with Gasteiger partial charge < -0.3 is 15.4 Å². The third-order valence-electron chi connectivity index (χ3n) is 2.46.